The molecule has 1 aliphatic heterocycles. The number of carbonyl (C=O) groups is 1. The number of sulfonamides is 1. The number of nitrogens with one attached hydrogen (secondary N) is 1. The number of amides is 1. The molecule has 1 aliphatic rings. The Balaban J connectivity index is 1.98. The standard InChI is InChI=1S/C21H34N2O3S/c1-15-12-16(2)20(17(3)13-15)27(25,26)22-10-9-19(24)23-11-7-8-18(23)14-21(4,5)6/h12-13,18,22H,7-11,14H2,1-6H3. The minimum atomic E-state index is -3.62. The number of hydrogen-bond donors (Lipinski definition) is 1. The summed E-state index contributed by atoms with van der Waals surface area (Å²) in [4.78, 5) is 14.9. The number of rotatable bonds is 6. The number of carbonyl (C=O) groups excluding carboxylic acids is 1. The molecular weight excluding hydrogens is 360 g/mol. The van der Waals surface area contributed by atoms with Crippen molar-refractivity contribution in [1.29, 1.82) is 0 Å². The van der Waals surface area contributed by atoms with Gasteiger partial charge in [-0.05, 0) is 56.6 Å². The van der Waals surface area contributed by atoms with Gasteiger partial charge in [-0.25, -0.2) is 13.1 Å². The monoisotopic (exact) mass is 394 g/mol. The zero-order valence-electron chi connectivity index (χ0n) is 17.6. The molecule has 152 valence electrons. The fraction of sp³-hybridized carbons (Fsp3) is 0.667. The first-order valence-electron chi connectivity index (χ1n) is 9.78. The van der Waals surface area contributed by atoms with Crippen molar-refractivity contribution in [3.05, 3.63) is 28.8 Å². The topological polar surface area (TPSA) is 66.5 Å². The van der Waals surface area contributed by atoms with Gasteiger partial charge >= 0.3 is 0 Å². The molecule has 5 nitrogen and oxygen atoms in total. The predicted molar refractivity (Wildman–Crippen MR) is 109 cm³/mol. The zero-order chi connectivity index (χ0) is 20.4. The quantitative estimate of drug-likeness (QED) is 0.800. The minimum Gasteiger partial charge on any atom is -0.340 e. The average Bonchev–Trinajstić information content (AvgIpc) is 2.91. The molecule has 1 amide bonds. The van der Waals surface area contributed by atoms with E-state index in [1.807, 2.05) is 24.0 Å². The summed E-state index contributed by atoms with van der Waals surface area (Å²) < 4.78 is 28.0. The zero-order valence-corrected chi connectivity index (χ0v) is 18.4. The highest BCUT2D eigenvalue weighted by Crippen LogP contribution is 2.30. The molecule has 1 unspecified atom stereocenters. The molecule has 1 heterocycles. The second kappa shape index (κ2) is 8.31. The SMILES string of the molecule is Cc1cc(C)c(S(=O)(=O)NCCC(=O)N2CCCC2CC(C)(C)C)c(C)c1. The first-order chi connectivity index (χ1) is 12.4. The van der Waals surface area contributed by atoms with E-state index in [0.29, 0.717) is 4.90 Å². The van der Waals surface area contributed by atoms with Crippen molar-refractivity contribution in [3.63, 3.8) is 0 Å². The van der Waals surface area contributed by atoms with Gasteiger partial charge in [0.2, 0.25) is 15.9 Å². The van der Waals surface area contributed by atoms with Crippen LogP contribution < -0.4 is 4.72 Å². The van der Waals surface area contributed by atoms with Gasteiger partial charge < -0.3 is 4.90 Å². The highest BCUT2D eigenvalue weighted by molar-refractivity contribution is 7.89. The Morgan fingerprint density at radius 1 is 1.19 bits per heavy atom. The second-order valence-corrected chi connectivity index (χ2v) is 10.7. The van der Waals surface area contributed by atoms with Gasteiger partial charge in [0.1, 0.15) is 0 Å². The Morgan fingerprint density at radius 3 is 2.33 bits per heavy atom. The third-order valence-electron chi connectivity index (χ3n) is 5.05. The summed E-state index contributed by atoms with van der Waals surface area (Å²) in [6.07, 6.45) is 3.24. The van der Waals surface area contributed by atoms with Crippen LogP contribution in [0.4, 0.5) is 0 Å². The van der Waals surface area contributed by atoms with Crippen molar-refractivity contribution >= 4 is 15.9 Å². The smallest absolute Gasteiger partial charge is 0.241 e. The van der Waals surface area contributed by atoms with E-state index in [1.165, 1.54) is 0 Å². The van der Waals surface area contributed by atoms with Crippen LogP contribution in [0.15, 0.2) is 17.0 Å². The van der Waals surface area contributed by atoms with Crippen LogP contribution in [0, 0.1) is 26.2 Å². The van der Waals surface area contributed by atoms with Gasteiger partial charge in [0, 0.05) is 25.6 Å². The highest BCUT2D eigenvalue weighted by atomic mass is 32.2. The number of likely N-dealkylation sites (tertiary alicyclic amines) is 1. The molecule has 1 aromatic rings. The second-order valence-electron chi connectivity index (χ2n) is 9.02. The van der Waals surface area contributed by atoms with Crippen LogP contribution >= 0.6 is 0 Å². The van der Waals surface area contributed by atoms with Gasteiger partial charge in [0.15, 0.2) is 0 Å². The van der Waals surface area contributed by atoms with Crippen molar-refractivity contribution in [1.82, 2.24) is 9.62 Å². The normalized spacial score (nSPS) is 18.1. The minimum absolute atomic E-state index is 0.0433. The van der Waals surface area contributed by atoms with Crippen LogP contribution in [-0.2, 0) is 14.8 Å². The van der Waals surface area contributed by atoms with Gasteiger partial charge in [-0.15, -0.1) is 0 Å². The molecule has 0 spiro atoms. The summed E-state index contributed by atoms with van der Waals surface area (Å²) in [5, 5.41) is 0. The predicted octanol–water partition coefficient (Wildman–Crippen LogP) is 3.71. The van der Waals surface area contributed by atoms with Gasteiger partial charge in [-0.1, -0.05) is 38.5 Å². The Bertz CT molecular complexity index is 771. The van der Waals surface area contributed by atoms with E-state index in [1.54, 1.807) is 13.8 Å². The van der Waals surface area contributed by atoms with Crippen LogP contribution in [0.25, 0.3) is 0 Å². The fourth-order valence-electron chi connectivity index (χ4n) is 4.18. The third-order valence-corrected chi connectivity index (χ3v) is 6.82. The Morgan fingerprint density at radius 2 is 1.78 bits per heavy atom. The molecule has 27 heavy (non-hydrogen) atoms. The maximum atomic E-state index is 12.7. The first kappa shape index (κ1) is 21.9. The van der Waals surface area contributed by atoms with E-state index >= 15 is 0 Å². The molecule has 0 radical (unpaired) electrons. The molecule has 1 atom stereocenters. The molecule has 2 rings (SSSR count). The van der Waals surface area contributed by atoms with Gasteiger partial charge in [0.25, 0.3) is 0 Å². The highest BCUT2D eigenvalue weighted by Gasteiger charge is 2.31. The summed E-state index contributed by atoms with van der Waals surface area (Å²) in [5.74, 6) is 0.0433. The number of hydrogen-bond acceptors (Lipinski definition) is 3. The molecule has 1 fully saturated rings. The number of benzene rings is 1. The summed E-state index contributed by atoms with van der Waals surface area (Å²) >= 11 is 0. The van der Waals surface area contributed by atoms with E-state index in [0.717, 1.165) is 42.5 Å². The first-order valence-corrected chi connectivity index (χ1v) is 11.3. The van der Waals surface area contributed by atoms with Crippen LogP contribution in [0.2, 0.25) is 0 Å². The fourth-order valence-corrected chi connectivity index (χ4v) is 5.66. The molecular formula is C21H34N2O3S. The lowest BCUT2D eigenvalue weighted by Gasteiger charge is -2.30. The molecule has 0 aromatic heterocycles. The van der Waals surface area contributed by atoms with Crippen LogP contribution in [0.1, 0.15) is 63.1 Å². The van der Waals surface area contributed by atoms with Gasteiger partial charge in [-0.2, -0.15) is 0 Å². The Kier molecular flexibility index (Phi) is 6.74. The molecule has 6 heteroatoms. The molecule has 0 bridgehead atoms. The summed E-state index contributed by atoms with van der Waals surface area (Å²) in [6, 6.07) is 4.01. The molecule has 1 aromatic carbocycles. The van der Waals surface area contributed by atoms with Gasteiger partial charge in [-0.3, -0.25) is 4.79 Å². The number of nitrogens with zero attached hydrogens (tertiary/aromatic N) is 1. The van der Waals surface area contributed by atoms with Gasteiger partial charge in [0.05, 0.1) is 4.90 Å². The average molecular weight is 395 g/mol. The van der Waals surface area contributed by atoms with Crippen LogP contribution in [0.3, 0.4) is 0 Å². The summed E-state index contributed by atoms with van der Waals surface area (Å²) in [6.45, 7) is 13.0. The Hall–Kier alpha value is -1.40. The van der Waals surface area contributed by atoms with Crippen LogP contribution in [0.5, 0.6) is 0 Å². The van der Waals surface area contributed by atoms with E-state index < -0.39 is 10.0 Å². The van der Waals surface area contributed by atoms with Crippen molar-refractivity contribution in [2.75, 3.05) is 13.1 Å². The molecule has 0 aliphatic carbocycles. The lowest BCUT2D eigenvalue weighted by atomic mass is 9.87. The molecule has 1 N–H and O–H groups in total. The molecule has 1 saturated heterocycles. The summed E-state index contributed by atoms with van der Waals surface area (Å²) in [5.41, 5.74) is 2.68. The largest absolute Gasteiger partial charge is 0.340 e. The van der Waals surface area contributed by atoms with E-state index in [-0.39, 0.29) is 30.3 Å². The Labute approximate surface area is 164 Å². The van der Waals surface area contributed by atoms with Crippen LogP contribution in [-0.4, -0.2) is 38.4 Å². The maximum absolute atomic E-state index is 12.7. The summed E-state index contributed by atoms with van der Waals surface area (Å²) in [7, 11) is -3.62. The number of aryl methyl sites for hydroxylation is 3. The maximum Gasteiger partial charge on any atom is 0.241 e. The lowest BCUT2D eigenvalue weighted by molar-refractivity contribution is -0.132. The van der Waals surface area contributed by atoms with Crippen molar-refractivity contribution in [2.24, 2.45) is 5.41 Å². The van der Waals surface area contributed by atoms with Crippen molar-refractivity contribution in [3.8, 4) is 0 Å². The lowest BCUT2D eigenvalue weighted by Crippen LogP contribution is -2.39. The molecule has 0 saturated carbocycles. The van der Waals surface area contributed by atoms with Crippen molar-refractivity contribution < 1.29 is 13.2 Å². The van der Waals surface area contributed by atoms with E-state index in [9.17, 15) is 13.2 Å². The van der Waals surface area contributed by atoms with E-state index in [4.69, 9.17) is 0 Å². The van der Waals surface area contributed by atoms with E-state index in [2.05, 4.69) is 25.5 Å². The van der Waals surface area contributed by atoms with Crippen molar-refractivity contribution in [2.45, 2.75) is 78.2 Å². The third kappa shape index (κ3) is 5.79.